The molecule has 172 valence electrons. The Hall–Kier alpha value is -1.63. The van der Waals surface area contributed by atoms with Crippen molar-refractivity contribution in [2.45, 2.75) is 71.1 Å². The standard InChI is InChI=1S/C24H35ClN2O4/c1-15(2)20(26-21(29)16-7-5-6-8-16)22(30)27-13-19(28)24(31,23(3,4)14-27)17-9-11-18(25)12-10-17/h9-12,15-16,19-20,28,31H,5-8,13-14H2,1-4H3,(H,26,29)/t19?,20-,24?/m1/s1. The average molecular weight is 451 g/mol. The number of hydrogen-bond acceptors (Lipinski definition) is 4. The minimum absolute atomic E-state index is 0.0100. The van der Waals surface area contributed by atoms with Gasteiger partial charge in [-0.3, -0.25) is 9.59 Å². The summed E-state index contributed by atoms with van der Waals surface area (Å²) >= 11 is 5.99. The Morgan fingerprint density at radius 3 is 2.26 bits per heavy atom. The molecule has 6 nitrogen and oxygen atoms in total. The number of nitrogens with zero attached hydrogens (tertiary/aromatic N) is 1. The van der Waals surface area contributed by atoms with Crippen LogP contribution in [0.2, 0.25) is 5.02 Å². The Bertz CT molecular complexity index is 804. The molecule has 1 heterocycles. The first-order chi connectivity index (χ1) is 14.5. The SMILES string of the molecule is CC(C)[C@@H](NC(=O)C1CCCC1)C(=O)N1CC(O)C(O)(c2ccc(Cl)cc2)C(C)(C)C1. The normalized spacial score (nSPS) is 27.4. The zero-order valence-electron chi connectivity index (χ0n) is 18.9. The maximum Gasteiger partial charge on any atom is 0.245 e. The molecule has 1 aliphatic heterocycles. The minimum Gasteiger partial charge on any atom is -0.388 e. The van der Waals surface area contributed by atoms with E-state index in [0.29, 0.717) is 10.6 Å². The summed E-state index contributed by atoms with van der Waals surface area (Å²) in [6.07, 6.45) is 2.66. The van der Waals surface area contributed by atoms with E-state index in [4.69, 9.17) is 11.6 Å². The summed E-state index contributed by atoms with van der Waals surface area (Å²) in [4.78, 5) is 27.7. The van der Waals surface area contributed by atoms with E-state index in [1.165, 1.54) is 0 Å². The van der Waals surface area contributed by atoms with E-state index in [0.717, 1.165) is 25.7 Å². The van der Waals surface area contributed by atoms with Gasteiger partial charge in [0, 0.05) is 29.4 Å². The van der Waals surface area contributed by atoms with Gasteiger partial charge in [0.25, 0.3) is 0 Å². The van der Waals surface area contributed by atoms with Crippen molar-refractivity contribution >= 4 is 23.4 Å². The lowest BCUT2D eigenvalue weighted by Crippen LogP contribution is -2.66. The number of rotatable bonds is 5. The Balaban J connectivity index is 1.79. The summed E-state index contributed by atoms with van der Waals surface area (Å²) in [5.74, 6) is -0.381. The van der Waals surface area contributed by atoms with Crippen LogP contribution in [-0.2, 0) is 15.2 Å². The number of nitrogens with one attached hydrogen (secondary N) is 1. The summed E-state index contributed by atoms with van der Waals surface area (Å²) in [6, 6.07) is 6.14. The van der Waals surface area contributed by atoms with Crippen LogP contribution in [0.3, 0.4) is 0 Å². The molecule has 2 unspecified atom stereocenters. The second kappa shape index (κ2) is 9.08. The van der Waals surface area contributed by atoms with Crippen LogP contribution < -0.4 is 5.32 Å². The summed E-state index contributed by atoms with van der Waals surface area (Å²) in [6.45, 7) is 7.74. The molecule has 2 fully saturated rings. The van der Waals surface area contributed by atoms with Gasteiger partial charge in [-0.25, -0.2) is 0 Å². The first-order valence-electron chi connectivity index (χ1n) is 11.2. The predicted molar refractivity (Wildman–Crippen MR) is 120 cm³/mol. The van der Waals surface area contributed by atoms with Gasteiger partial charge in [-0.1, -0.05) is 64.3 Å². The van der Waals surface area contributed by atoms with Gasteiger partial charge in [0.05, 0.1) is 0 Å². The maximum atomic E-state index is 13.4. The van der Waals surface area contributed by atoms with Crippen LogP contribution in [0.5, 0.6) is 0 Å². The number of aliphatic hydroxyl groups is 2. The summed E-state index contributed by atoms with van der Waals surface area (Å²) in [5, 5.41) is 26.1. The molecule has 1 saturated carbocycles. The van der Waals surface area contributed by atoms with Crippen molar-refractivity contribution in [1.82, 2.24) is 10.2 Å². The number of hydrogen-bond donors (Lipinski definition) is 3. The van der Waals surface area contributed by atoms with Crippen molar-refractivity contribution in [1.29, 1.82) is 0 Å². The average Bonchev–Trinajstić information content (AvgIpc) is 3.24. The monoisotopic (exact) mass is 450 g/mol. The molecule has 1 aliphatic carbocycles. The molecule has 1 saturated heterocycles. The van der Waals surface area contributed by atoms with Gasteiger partial charge in [-0.05, 0) is 36.5 Å². The van der Waals surface area contributed by atoms with Crippen LogP contribution in [0.4, 0.5) is 0 Å². The van der Waals surface area contributed by atoms with E-state index in [2.05, 4.69) is 5.32 Å². The largest absolute Gasteiger partial charge is 0.388 e. The van der Waals surface area contributed by atoms with Gasteiger partial charge in [-0.2, -0.15) is 0 Å². The third-order valence-electron chi connectivity index (χ3n) is 7.05. The Morgan fingerprint density at radius 2 is 1.74 bits per heavy atom. The smallest absolute Gasteiger partial charge is 0.245 e. The lowest BCUT2D eigenvalue weighted by molar-refractivity contribution is -0.200. The van der Waals surface area contributed by atoms with Crippen LogP contribution in [0.15, 0.2) is 24.3 Å². The number of likely N-dealkylation sites (tertiary alicyclic amines) is 1. The van der Waals surface area contributed by atoms with E-state index in [9.17, 15) is 19.8 Å². The van der Waals surface area contributed by atoms with Crippen molar-refractivity contribution < 1.29 is 19.8 Å². The van der Waals surface area contributed by atoms with Crippen LogP contribution >= 0.6 is 11.6 Å². The third kappa shape index (κ3) is 4.62. The van der Waals surface area contributed by atoms with E-state index in [1.54, 1.807) is 29.2 Å². The lowest BCUT2D eigenvalue weighted by Gasteiger charge is -2.53. The van der Waals surface area contributed by atoms with E-state index >= 15 is 0 Å². The van der Waals surface area contributed by atoms with Gasteiger partial charge < -0.3 is 20.4 Å². The molecule has 3 N–H and O–H groups in total. The van der Waals surface area contributed by atoms with Gasteiger partial charge in [0.2, 0.25) is 11.8 Å². The molecule has 3 rings (SSSR count). The highest BCUT2D eigenvalue weighted by atomic mass is 35.5. The molecule has 0 spiro atoms. The van der Waals surface area contributed by atoms with Crippen LogP contribution in [0, 0.1) is 17.3 Å². The van der Waals surface area contributed by atoms with Crippen LogP contribution in [0.1, 0.15) is 58.9 Å². The molecule has 31 heavy (non-hydrogen) atoms. The number of aliphatic hydroxyl groups excluding tert-OH is 1. The van der Waals surface area contributed by atoms with Crippen LogP contribution in [-0.4, -0.2) is 52.2 Å². The summed E-state index contributed by atoms with van der Waals surface area (Å²) < 4.78 is 0. The fourth-order valence-corrected chi connectivity index (χ4v) is 5.20. The van der Waals surface area contributed by atoms with Crippen molar-refractivity contribution in [3.05, 3.63) is 34.9 Å². The van der Waals surface area contributed by atoms with Crippen molar-refractivity contribution in [3.8, 4) is 0 Å². The molecule has 1 aromatic rings. The quantitative estimate of drug-likeness (QED) is 0.643. The Labute approximate surface area is 190 Å². The van der Waals surface area contributed by atoms with E-state index in [-0.39, 0.29) is 36.7 Å². The van der Waals surface area contributed by atoms with Gasteiger partial charge in [-0.15, -0.1) is 0 Å². The summed E-state index contributed by atoms with van der Waals surface area (Å²) in [5.41, 5.74) is -1.80. The van der Waals surface area contributed by atoms with Crippen molar-refractivity contribution in [3.63, 3.8) is 0 Å². The first kappa shape index (κ1) is 24.0. The molecule has 2 amide bonds. The number of halogens is 1. The molecule has 3 atom stereocenters. The van der Waals surface area contributed by atoms with Crippen LogP contribution in [0.25, 0.3) is 0 Å². The molecule has 0 radical (unpaired) electrons. The predicted octanol–water partition coefficient (Wildman–Crippen LogP) is 3.09. The number of β-amino-alcohol motifs (C(OH)–C–C–N with tert-alkyl or cyclic N) is 1. The summed E-state index contributed by atoms with van der Waals surface area (Å²) in [7, 11) is 0. The van der Waals surface area contributed by atoms with Gasteiger partial charge in [0.15, 0.2) is 0 Å². The molecular weight excluding hydrogens is 416 g/mol. The number of amides is 2. The zero-order chi connectivity index (χ0) is 23.0. The first-order valence-corrected chi connectivity index (χ1v) is 11.6. The highest BCUT2D eigenvalue weighted by molar-refractivity contribution is 6.30. The highest BCUT2D eigenvalue weighted by Crippen LogP contribution is 2.46. The second-order valence-electron chi connectivity index (χ2n) is 10.1. The third-order valence-corrected chi connectivity index (χ3v) is 7.30. The Kier molecular flexibility index (Phi) is 7.04. The zero-order valence-corrected chi connectivity index (χ0v) is 19.7. The number of benzene rings is 1. The van der Waals surface area contributed by atoms with E-state index in [1.807, 2.05) is 27.7 Å². The minimum atomic E-state index is -1.53. The molecule has 0 bridgehead atoms. The number of carbonyl (C=O) groups excluding carboxylic acids is 2. The maximum absolute atomic E-state index is 13.4. The fourth-order valence-electron chi connectivity index (χ4n) is 5.08. The van der Waals surface area contributed by atoms with Gasteiger partial charge in [0.1, 0.15) is 17.7 Å². The van der Waals surface area contributed by atoms with Gasteiger partial charge >= 0.3 is 0 Å². The Morgan fingerprint density at radius 1 is 1.16 bits per heavy atom. The van der Waals surface area contributed by atoms with Crippen molar-refractivity contribution in [2.24, 2.45) is 17.3 Å². The van der Waals surface area contributed by atoms with Crippen molar-refractivity contribution in [2.75, 3.05) is 13.1 Å². The number of piperidine rings is 1. The fraction of sp³-hybridized carbons (Fsp3) is 0.667. The second-order valence-corrected chi connectivity index (χ2v) is 10.5. The highest BCUT2D eigenvalue weighted by Gasteiger charge is 2.55. The molecule has 1 aromatic carbocycles. The molecule has 2 aliphatic rings. The molecule has 0 aromatic heterocycles. The van der Waals surface area contributed by atoms with E-state index < -0.39 is 23.2 Å². The lowest BCUT2D eigenvalue weighted by atomic mass is 9.65. The molecule has 7 heteroatoms. The topological polar surface area (TPSA) is 89.9 Å². The number of carbonyl (C=O) groups is 2. The molecular formula is C24H35ClN2O4.